The highest BCUT2D eigenvalue weighted by Gasteiger charge is 2.24. The van der Waals surface area contributed by atoms with Crippen LogP contribution in [0.5, 0.6) is 0 Å². The van der Waals surface area contributed by atoms with Crippen LogP contribution in [0.15, 0.2) is 11.4 Å². The molecule has 1 heterocycles. The van der Waals surface area contributed by atoms with Crippen LogP contribution in [0.2, 0.25) is 0 Å². The first-order valence-electron chi connectivity index (χ1n) is 6.79. The van der Waals surface area contributed by atoms with Crippen molar-refractivity contribution in [1.82, 2.24) is 9.55 Å². The Kier molecular flexibility index (Phi) is 6.55. The van der Waals surface area contributed by atoms with Gasteiger partial charge in [-0.05, 0) is 11.8 Å². The van der Waals surface area contributed by atoms with E-state index < -0.39 is 5.97 Å². The molecule has 6 heteroatoms. The van der Waals surface area contributed by atoms with Crippen molar-refractivity contribution in [3.63, 3.8) is 0 Å². The van der Waals surface area contributed by atoms with Crippen LogP contribution in [0.1, 0.15) is 45.3 Å². The maximum Gasteiger partial charge on any atom is 0.313 e. The quantitative estimate of drug-likeness (QED) is 0.748. The third kappa shape index (κ3) is 4.24. The zero-order valence-electron chi connectivity index (χ0n) is 12.8. The zero-order chi connectivity index (χ0) is 15.3. The Morgan fingerprint density at radius 2 is 2.10 bits per heavy atom. The standard InChI is InChI=1S/C14H24N2O3S/c1-9(2)11-6-15-14(20-8-13(17)18)16(11)12(7-19-5)10(3)4/h6,9-10,12H,7-8H2,1-5H3,(H,17,18). The van der Waals surface area contributed by atoms with Crippen LogP contribution in [-0.2, 0) is 9.53 Å². The maximum atomic E-state index is 10.8. The van der Waals surface area contributed by atoms with E-state index in [1.54, 1.807) is 7.11 Å². The van der Waals surface area contributed by atoms with E-state index >= 15 is 0 Å². The highest BCUT2D eigenvalue weighted by Crippen LogP contribution is 2.31. The van der Waals surface area contributed by atoms with Crippen LogP contribution in [-0.4, -0.2) is 40.1 Å². The Balaban J connectivity index is 3.15. The lowest BCUT2D eigenvalue weighted by molar-refractivity contribution is -0.133. The van der Waals surface area contributed by atoms with Gasteiger partial charge in [0.05, 0.1) is 18.4 Å². The predicted molar refractivity (Wildman–Crippen MR) is 80.4 cm³/mol. The van der Waals surface area contributed by atoms with Gasteiger partial charge < -0.3 is 14.4 Å². The van der Waals surface area contributed by atoms with Crippen LogP contribution in [0.3, 0.4) is 0 Å². The summed E-state index contributed by atoms with van der Waals surface area (Å²) in [5, 5.41) is 9.61. The fourth-order valence-corrected chi connectivity index (χ4v) is 2.85. The molecule has 5 nitrogen and oxygen atoms in total. The summed E-state index contributed by atoms with van der Waals surface area (Å²) in [6, 6.07) is 0.163. The van der Waals surface area contributed by atoms with Gasteiger partial charge in [-0.2, -0.15) is 0 Å². The first-order chi connectivity index (χ1) is 9.38. The van der Waals surface area contributed by atoms with Crippen LogP contribution < -0.4 is 0 Å². The Labute approximate surface area is 124 Å². The number of carboxylic acid groups (broad SMARTS) is 1. The molecular weight excluding hydrogens is 276 g/mol. The summed E-state index contributed by atoms with van der Waals surface area (Å²) in [5.41, 5.74) is 1.12. The number of carbonyl (C=O) groups is 1. The van der Waals surface area contributed by atoms with E-state index in [1.807, 2.05) is 6.20 Å². The van der Waals surface area contributed by atoms with Crippen molar-refractivity contribution in [2.45, 2.75) is 44.8 Å². The molecule has 0 aromatic carbocycles. The van der Waals surface area contributed by atoms with Gasteiger partial charge in [0.25, 0.3) is 0 Å². The minimum Gasteiger partial charge on any atom is -0.481 e. The van der Waals surface area contributed by atoms with Crippen molar-refractivity contribution >= 4 is 17.7 Å². The molecule has 114 valence electrons. The zero-order valence-corrected chi connectivity index (χ0v) is 13.6. The fraction of sp³-hybridized carbons (Fsp3) is 0.714. The number of carboxylic acids is 1. The highest BCUT2D eigenvalue weighted by molar-refractivity contribution is 7.99. The van der Waals surface area contributed by atoms with Gasteiger partial charge in [-0.25, -0.2) is 4.98 Å². The van der Waals surface area contributed by atoms with Crippen molar-refractivity contribution in [3.05, 3.63) is 11.9 Å². The summed E-state index contributed by atoms with van der Waals surface area (Å²) in [6.45, 7) is 9.10. The molecule has 0 saturated carbocycles. The molecule has 0 radical (unpaired) electrons. The average Bonchev–Trinajstić information content (AvgIpc) is 2.76. The van der Waals surface area contributed by atoms with Gasteiger partial charge in [-0.15, -0.1) is 0 Å². The number of hydrogen-bond acceptors (Lipinski definition) is 4. The SMILES string of the molecule is COCC(C(C)C)n1c(C(C)C)cnc1SCC(=O)O. The summed E-state index contributed by atoms with van der Waals surface area (Å²) in [4.78, 5) is 15.2. The third-order valence-corrected chi connectivity index (χ3v) is 4.10. The van der Waals surface area contributed by atoms with E-state index in [4.69, 9.17) is 9.84 Å². The lowest BCUT2D eigenvalue weighted by atomic mass is 10.0. The Morgan fingerprint density at radius 1 is 1.45 bits per heavy atom. The molecule has 20 heavy (non-hydrogen) atoms. The highest BCUT2D eigenvalue weighted by atomic mass is 32.2. The lowest BCUT2D eigenvalue weighted by Gasteiger charge is -2.26. The molecule has 1 aromatic heterocycles. The number of aromatic nitrogens is 2. The first-order valence-corrected chi connectivity index (χ1v) is 7.77. The molecule has 0 spiro atoms. The maximum absolute atomic E-state index is 10.8. The van der Waals surface area contributed by atoms with E-state index in [0.29, 0.717) is 18.4 Å². The molecule has 0 saturated heterocycles. The largest absolute Gasteiger partial charge is 0.481 e. The minimum absolute atomic E-state index is 0.0202. The number of hydrogen-bond donors (Lipinski definition) is 1. The van der Waals surface area contributed by atoms with E-state index in [2.05, 4.69) is 37.2 Å². The van der Waals surface area contributed by atoms with Crippen molar-refractivity contribution in [2.24, 2.45) is 5.92 Å². The molecule has 0 fully saturated rings. The second-order valence-electron chi connectivity index (χ2n) is 5.44. The number of imidazole rings is 1. The predicted octanol–water partition coefficient (Wildman–Crippen LogP) is 3.03. The van der Waals surface area contributed by atoms with Gasteiger partial charge in [0.15, 0.2) is 5.16 Å². The number of nitrogens with zero attached hydrogens (tertiary/aromatic N) is 2. The molecule has 0 bridgehead atoms. The van der Waals surface area contributed by atoms with E-state index in [-0.39, 0.29) is 11.8 Å². The summed E-state index contributed by atoms with van der Waals surface area (Å²) in [5.74, 6) is -0.0964. The molecular formula is C14H24N2O3S. The van der Waals surface area contributed by atoms with Gasteiger partial charge in [0.2, 0.25) is 0 Å². The second-order valence-corrected chi connectivity index (χ2v) is 6.38. The molecule has 1 unspecified atom stereocenters. The number of methoxy groups -OCH3 is 1. The van der Waals surface area contributed by atoms with Gasteiger partial charge in [0.1, 0.15) is 0 Å². The third-order valence-electron chi connectivity index (χ3n) is 3.15. The molecule has 1 N–H and O–H groups in total. The van der Waals surface area contributed by atoms with Crippen LogP contribution in [0, 0.1) is 5.92 Å². The van der Waals surface area contributed by atoms with Crippen LogP contribution >= 0.6 is 11.8 Å². The second kappa shape index (κ2) is 7.69. The first kappa shape index (κ1) is 17.0. The number of aliphatic carboxylic acids is 1. The van der Waals surface area contributed by atoms with Gasteiger partial charge in [-0.3, -0.25) is 4.79 Å². The molecule has 1 atom stereocenters. The summed E-state index contributed by atoms with van der Waals surface area (Å²) in [7, 11) is 1.69. The molecule has 0 aliphatic rings. The fourth-order valence-electron chi connectivity index (χ4n) is 2.09. The minimum atomic E-state index is -0.830. The lowest BCUT2D eigenvalue weighted by Crippen LogP contribution is -2.23. The molecule has 1 rings (SSSR count). The Hall–Kier alpha value is -1.01. The number of thioether (sulfide) groups is 1. The van der Waals surface area contributed by atoms with Gasteiger partial charge in [0, 0.05) is 19.0 Å². The molecule has 0 amide bonds. The smallest absolute Gasteiger partial charge is 0.313 e. The van der Waals surface area contributed by atoms with Crippen LogP contribution in [0.4, 0.5) is 0 Å². The van der Waals surface area contributed by atoms with Crippen molar-refractivity contribution < 1.29 is 14.6 Å². The number of rotatable bonds is 8. The molecule has 0 aliphatic carbocycles. The van der Waals surface area contributed by atoms with Crippen molar-refractivity contribution in [3.8, 4) is 0 Å². The summed E-state index contributed by atoms with van der Waals surface area (Å²) >= 11 is 1.26. The normalized spacial score (nSPS) is 13.2. The summed E-state index contributed by atoms with van der Waals surface area (Å²) in [6.07, 6.45) is 1.85. The number of ether oxygens (including phenoxy) is 1. The van der Waals surface area contributed by atoms with Crippen molar-refractivity contribution in [1.29, 1.82) is 0 Å². The Morgan fingerprint density at radius 3 is 2.55 bits per heavy atom. The van der Waals surface area contributed by atoms with Gasteiger partial charge >= 0.3 is 5.97 Å². The summed E-state index contributed by atoms with van der Waals surface area (Å²) < 4.78 is 7.48. The van der Waals surface area contributed by atoms with E-state index in [0.717, 1.165) is 10.9 Å². The van der Waals surface area contributed by atoms with E-state index in [9.17, 15) is 4.79 Å². The van der Waals surface area contributed by atoms with Gasteiger partial charge in [-0.1, -0.05) is 39.5 Å². The Bertz CT molecular complexity index is 444. The topological polar surface area (TPSA) is 64.4 Å². The van der Waals surface area contributed by atoms with E-state index in [1.165, 1.54) is 11.8 Å². The van der Waals surface area contributed by atoms with Crippen LogP contribution in [0.25, 0.3) is 0 Å². The monoisotopic (exact) mass is 300 g/mol. The molecule has 1 aromatic rings. The molecule has 0 aliphatic heterocycles. The average molecular weight is 300 g/mol. The van der Waals surface area contributed by atoms with Crippen molar-refractivity contribution in [2.75, 3.05) is 19.5 Å².